The van der Waals surface area contributed by atoms with Crippen LogP contribution >= 0.6 is 0 Å². The van der Waals surface area contributed by atoms with Gasteiger partial charge >= 0.3 is 6.01 Å². The summed E-state index contributed by atoms with van der Waals surface area (Å²) in [6.07, 6.45) is 0. The molecule has 0 aliphatic rings. The van der Waals surface area contributed by atoms with Crippen LogP contribution in [0.4, 0.5) is 0 Å². The molecule has 100 valence electrons. The molecule has 0 saturated heterocycles. The first-order valence-corrected chi connectivity index (χ1v) is 6.27. The molecule has 0 unspecified atom stereocenters. The van der Waals surface area contributed by atoms with E-state index in [9.17, 15) is 0 Å². The molecule has 1 heterocycles. The van der Waals surface area contributed by atoms with Crippen LogP contribution in [-0.2, 0) is 0 Å². The molecular formula is C16H14N2O2. The van der Waals surface area contributed by atoms with Crippen LogP contribution in [0, 0.1) is 0 Å². The summed E-state index contributed by atoms with van der Waals surface area (Å²) in [5.74, 6) is 0.486. The fourth-order valence-electron chi connectivity index (χ4n) is 2.19. The number of nitrogens with zero attached hydrogens (tertiary/aromatic N) is 2. The number of fused-ring (bicyclic) bond motifs is 1. The molecule has 0 N–H and O–H groups in total. The van der Waals surface area contributed by atoms with Gasteiger partial charge in [-0.3, -0.25) is 0 Å². The standard InChI is InChI=1S/C16H14N2O2/c1-19-15-10-14(17-16(18-15)20-2)13-9-5-7-11-6-3-4-8-12(11)13/h3-10H,1-2H3. The first kappa shape index (κ1) is 12.4. The van der Waals surface area contributed by atoms with Gasteiger partial charge in [-0.05, 0) is 10.8 Å². The maximum absolute atomic E-state index is 5.20. The van der Waals surface area contributed by atoms with E-state index in [4.69, 9.17) is 9.47 Å². The summed E-state index contributed by atoms with van der Waals surface area (Å²) in [6.45, 7) is 0. The van der Waals surface area contributed by atoms with Gasteiger partial charge in [-0.2, -0.15) is 9.97 Å². The molecule has 0 aliphatic carbocycles. The summed E-state index contributed by atoms with van der Waals surface area (Å²) in [6, 6.07) is 16.4. The first-order valence-electron chi connectivity index (χ1n) is 6.27. The molecule has 4 nitrogen and oxygen atoms in total. The number of hydrogen-bond donors (Lipinski definition) is 0. The van der Waals surface area contributed by atoms with Gasteiger partial charge in [0, 0.05) is 11.6 Å². The highest BCUT2D eigenvalue weighted by Gasteiger charge is 2.09. The number of hydrogen-bond acceptors (Lipinski definition) is 4. The largest absolute Gasteiger partial charge is 0.481 e. The van der Waals surface area contributed by atoms with Gasteiger partial charge in [0.1, 0.15) is 0 Å². The highest BCUT2D eigenvalue weighted by atomic mass is 16.5. The van der Waals surface area contributed by atoms with E-state index in [0.717, 1.165) is 16.6 Å². The molecular weight excluding hydrogens is 252 g/mol. The first-order chi connectivity index (χ1) is 9.81. The highest BCUT2D eigenvalue weighted by Crippen LogP contribution is 2.29. The molecule has 0 saturated carbocycles. The van der Waals surface area contributed by atoms with Crippen LogP contribution < -0.4 is 9.47 Å². The van der Waals surface area contributed by atoms with Crippen molar-refractivity contribution < 1.29 is 9.47 Å². The average molecular weight is 266 g/mol. The molecule has 4 heteroatoms. The molecule has 3 aromatic rings. The molecule has 0 radical (unpaired) electrons. The zero-order valence-corrected chi connectivity index (χ0v) is 11.3. The van der Waals surface area contributed by atoms with Crippen LogP contribution in [0.3, 0.4) is 0 Å². The Morgan fingerprint density at radius 1 is 0.850 bits per heavy atom. The fourth-order valence-corrected chi connectivity index (χ4v) is 2.19. The smallest absolute Gasteiger partial charge is 0.320 e. The van der Waals surface area contributed by atoms with Crippen LogP contribution in [0.2, 0.25) is 0 Å². The van der Waals surface area contributed by atoms with Crippen LogP contribution in [0.25, 0.3) is 22.0 Å². The third kappa shape index (κ3) is 2.16. The molecule has 0 bridgehead atoms. The summed E-state index contributed by atoms with van der Waals surface area (Å²) >= 11 is 0. The number of aromatic nitrogens is 2. The van der Waals surface area contributed by atoms with E-state index < -0.39 is 0 Å². The second kappa shape index (κ2) is 5.17. The summed E-state index contributed by atoms with van der Waals surface area (Å²) < 4.78 is 10.3. The monoisotopic (exact) mass is 266 g/mol. The maximum atomic E-state index is 5.20. The van der Waals surface area contributed by atoms with Crippen molar-refractivity contribution >= 4 is 10.8 Å². The van der Waals surface area contributed by atoms with Crippen molar-refractivity contribution in [1.82, 2.24) is 9.97 Å². The molecule has 3 rings (SSSR count). The van der Waals surface area contributed by atoms with E-state index in [1.807, 2.05) is 30.3 Å². The lowest BCUT2D eigenvalue weighted by atomic mass is 10.0. The second-order valence-electron chi connectivity index (χ2n) is 4.31. The van der Waals surface area contributed by atoms with E-state index in [1.54, 1.807) is 14.2 Å². The molecule has 0 atom stereocenters. The van der Waals surface area contributed by atoms with Crippen LogP contribution in [0.1, 0.15) is 0 Å². The van der Waals surface area contributed by atoms with Crippen molar-refractivity contribution in [1.29, 1.82) is 0 Å². The van der Waals surface area contributed by atoms with E-state index in [1.165, 1.54) is 5.39 Å². The van der Waals surface area contributed by atoms with Gasteiger partial charge in [0.05, 0.1) is 19.9 Å². The minimum absolute atomic E-state index is 0.298. The number of methoxy groups -OCH3 is 2. The fraction of sp³-hybridized carbons (Fsp3) is 0.125. The molecule has 0 fully saturated rings. The van der Waals surface area contributed by atoms with Gasteiger partial charge < -0.3 is 9.47 Å². The maximum Gasteiger partial charge on any atom is 0.320 e. The van der Waals surface area contributed by atoms with Crippen LogP contribution in [-0.4, -0.2) is 24.2 Å². The predicted molar refractivity (Wildman–Crippen MR) is 78.1 cm³/mol. The van der Waals surface area contributed by atoms with Crippen molar-refractivity contribution in [2.45, 2.75) is 0 Å². The molecule has 20 heavy (non-hydrogen) atoms. The summed E-state index contributed by atoms with van der Waals surface area (Å²) in [5, 5.41) is 2.30. The quantitative estimate of drug-likeness (QED) is 0.729. The SMILES string of the molecule is COc1cc(-c2cccc3ccccc23)nc(OC)n1. The van der Waals surface area contributed by atoms with Crippen molar-refractivity contribution in [2.75, 3.05) is 14.2 Å². The lowest BCUT2D eigenvalue weighted by molar-refractivity contribution is 0.353. The Labute approximate surface area is 117 Å². The van der Waals surface area contributed by atoms with Crippen molar-refractivity contribution in [2.24, 2.45) is 0 Å². The Kier molecular flexibility index (Phi) is 3.21. The van der Waals surface area contributed by atoms with E-state index in [-0.39, 0.29) is 0 Å². The normalized spacial score (nSPS) is 10.5. The van der Waals surface area contributed by atoms with Gasteiger partial charge in [-0.1, -0.05) is 42.5 Å². The minimum atomic E-state index is 0.298. The van der Waals surface area contributed by atoms with E-state index >= 15 is 0 Å². The Morgan fingerprint density at radius 3 is 2.45 bits per heavy atom. The van der Waals surface area contributed by atoms with Gasteiger partial charge in [0.2, 0.25) is 5.88 Å². The predicted octanol–water partition coefficient (Wildman–Crippen LogP) is 3.31. The Hall–Kier alpha value is -2.62. The van der Waals surface area contributed by atoms with Gasteiger partial charge in [-0.15, -0.1) is 0 Å². The van der Waals surface area contributed by atoms with Crippen molar-refractivity contribution in [3.05, 3.63) is 48.5 Å². The molecule has 1 aromatic heterocycles. The molecule has 0 amide bonds. The highest BCUT2D eigenvalue weighted by molar-refractivity contribution is 5.95. The van der Waals surface area contributed by atoms with Crippen molar-refractivity contribution in [3.63, 3.8) is 0 Å². The summed E-state index contributed by atoms with van der Waals surface area (Å²) in [4.78, 5) is 8.53. The third-order valence-electron chi connectivity index (χ3n) is 3.14. The van der Waals surface area contributed by atoms with E-state index in [0.29, 0.717) is 11.9 Å². The van der Waals surface area contributed by atoms with Gasteiger partial charge in [0.15, 0.2) is 0 Å². The number of benzene rings is 2. The molecule has 0 spiro atoms. The Balaban J connectivity index is 2.25. The van der Waals surface area contributed by atoms with Gasteiger partial charge in [-0.25, -0.2) is 0 Å². The Morgan fingerprint density at radius 2 is 1.65 bits per heavy atom. The minimum Gasteiger partial charge on any atom is -0.481 e. The number of rotatable bonds is 3. The summed E-state index contributed by atoms with van der Waals surface area (Å²) in [5.41, 5.74) is 1.81. The zero-order chi connectivity index (χ0) is 13.9. The third-order valence-corrected chi connectivity index (χ3v) is 3.14. The second-order valence-corrected chi connectivity index (χ2v) is 4.31. The van der Waals surface area contributed by atoms with Crippen LogP contribution in [0.15, 0.2) is 48.5 Å². The topological polar surface area (TPSA) is 44.2 Å². The average Bonchev–Trinajstić information content (AvgIpc) is 2.53. The molecule has 2 aromatic carbocycles. The lowest BCUT2D eigenvalue weighted by Crippen LogP contribution is -1.97. The number of ether oxygens (including phenoxy) is 2. The molecule has 0 aliphatic heterocycles. The Bertz CT molecular complexity index is 729. The van der Waals surface area contributed by atoms with E-state index in [2.05, 4.69) is 28.2 Å². The lowest BCUT2D eigenvalue weighted by Gasteiger charge is -2.09. The zero-order valence-electron chi connectivity index (χ0n) is 11.3. The van der Waals surface area contributed by atoms with Gasteiger partial charge in [0.25, 0.3) is 0 Å². The van der Waals surface area contributed by atoms with Crippen LogP contribution in [0.5, 0.6) is 11.9 Å². The van der Waals surface area contributed by atoms with Crippen molar-refractivity contribution in [3.8, 4) is 23.1 Å². The summed E-state index contributed by atoms with van der Waals surface area (Å²) in [7, 11) is 3.12.